The molecule has 8 heteroatoms. The van der Waals surface area contributed by atoms with Gasteiger partial charge in [0, 0.05) is 38.5 Å². The van der Waals surface area contributed by atoms with Gasteiger partial charge in [-0.25, -0.2) is 0 Å². The smallest absolute Gasteiger partial charge is 0.195 e. The Hall–Kier alpha value is -1.10. The molecule has 0 bridgehead atoms. The van der Waals surface area contributed by atoms with E-state index in [1.807, 2.05) is 38.1 Å². The largest absolute Gasteiger partial charge is 0.491 e. The minimum atomic E-state index is 0. The Morgan fingerprint density at radius 3 is 2.71 bits per heavy atom. The van der Waals surface area contributed by atoms with Crippen molar-refractivity contribution in [2.75, 3.05) is 58.4 Å². The van der Waals surface area contributed by atoms with E-state index in [2.05, 4.69) is 29.5 Å². The summed E-state index contributed by atoms with van der Waals surface area (Å²) in [4.78, 5) is 6.98. The second-order valence-corrected chi connectivity index (χ2v) is 7.93. The molecule has 1 saturated heterocycles. The monoisotopic (exact) mass is 548 g/mol. The number of benzene rings is 1. The number of nitrogens with zero attached hydrogens (tertiary/aromatic N) is 2. The molecule has 0 spiro atoms. The first-order valence-corrected chi connectivity index (χ1v) is 11.3. The van der Waals surface area contributed by atoms with Crippen LogP contribution in [0.15, 0.2) is 29.3 Å². The summed E-state index contributed by atoms with van der Waals surface area (Å²) < 4.78 is 17.0. The maximum absolute atomic E-state index is 5.73. The van der Waals surface area contributed by atoms with E-state index in [4.69, 9.17) is 19.2 Å². The van der Waals surface area contributed by atoms with Gasteiger partial charge in [-0.1, -0.05) is 6.92 Å². The molecule has 1 heterocycles. The number of nitrogens with one attached hydrogen (secondary N) is 2. The molecule has 1 unspecified atom stereocenters. The van der Waals surface area contributed by atoms with Crippen LogP contribution in [0.3, 0.4) is 0 Å². The molecular formula is C23H41IN4O3. The van der Waals surface area contributed by atoms with Gasteiger partial charge in [-0.2, -0.15) is 0 Å². The number of ether oxygens (including phenoxy) is 3. The first-order valence-electron chi connectivity index (χ1n) is 11.3. The highest BCUT2D eigenvalue weighted by atomic mass is 127. The van der Waals surface area contributed by atoms with Gasteiger partial charge in [-0.05, 0) is 71.0 Å². The number of hydrogen-bond donors (Lipinski definition) is 2. The Balaban J connectivity index is 0.00000480. The van der Waals surface area contributed by atoms with Crippen LogP contribution < -0.4 is 15.4 Å². The third-order valence-corrected chi connectivity index (χ3v) is 4.86. The van der Waals surface area contributed by atoms with Gasteiger partial charge in [0.05, 0.1) is 18.8 Å². The summed E-state index contributed by atoms with van der Waals surface area (Å²) >= 11 is 0. The van der Waals surface area contributed by atoms with Gasteiger partial charge in [-0.15, -0.1) is 24.0 Å². The highest BCUT2D eigenvalue weighted by Gasteiger charge is 2.14. The van der Waals surface area contributed by atoms with Crippen molar-refractivity contribution in [3.63, 3.8) is 0 Å². The normalized spacial score (nSPS) is 16.5. The molecule has 7 nitrogen and oxygen atoms in total. The minimum Gasteiger partial charge on any atom is -0.491 e. The van der Waals surface area contributed by atoms with E-state index < -0.39 is 0 Å². The maximum atomic E-state index is 5.73. The summed E-state index contributed by atoms with van der Waals surface area (Å²) in [6.45, 7) is 12.0. The van der Waals surface area contributed by atoms with Crippen molar-refractivity contribution in [3.05, 3.63) is 24.3 Å². The molecule has 0 saturated carbocycles. The van der Waals surface area contributed by atoms with Crippen LogP contribution in [0.4, 0.5) is 5.69 Å². The molecule has 1 aromatic carbocycles. The van der Waals surface area contributed by atoms with Crippen LogP contribution in [0.2, 0.25) is 0 Å². The summed E-state index contributed by atoms with van der Waals surface area (Å²) in [7, 11) is 2.12. The predicted molar refractivity (Wildman–Crippen MR) is 139 cm³/mol. The molecule has 1 aliphatic heterocycles. The SMILES string of the molecule is CCN(C)CCNC(=NCCCOCC1CCCO1)Nc1ccc(OC(C)C)cc1.I. The quantitative estimate of drug-likeness (QED) is 0.168. The average Bonchev–Trinajstić information content (AvgIpc) is 3.24. The molecule has 2 rings (SSSR count). The van der Waals surface area contributed by atoms with Gasteiger partial charge in [0.1, 0.15) is 5.75 Å². The number of guanidine groups is 1. The topological polar surface area (TPSA) is 67.4 Å². The standard InChI is InChI=1S/C23H40N4O3.HI/c1-5-27(4)15-14-25-23(24-13-7-16-28-18-22-8-6-17-29-22)26-20-9-11-21(12-10-20)30-19(2)3;/h9-12,19,22H,5-8,13-18H2,1-4H3,(H2,24,25,26);1H. The zero-order chi connectivity index (χ0) is 21.6. The molecule has 31 heavy (non-hydrogen) atoms. The van der Waals surface area contributed by atoms with Gasteiger partial charge in [0.25, 0.3) is 0 Å². The molecule has 0 aliphatic carbocycles. The van der Waals surface area contributed by atoms with Crippen LogP contribution in [-0.2, 0) is 9.47 Å². The van der Waals surface area contributed by atoms with Crippen LogP contribution in [-0.4, -0.2) is 76.1 Å². The Kier molecular flexibility index (Phi) is 14.9. The van der Waals surface area contributed by atoms with E-state index in [1.165, 1.54) is 0 Å². The number of aliphatic imine (C=N–C) groups is 1. The van der Waals surface area contributed by atoms with E-state index in [-0.39, 0.29) is 36.2 Å². The summed E-state index contributed by atoms with van der Waals surface area (Å²) in [5.74, 6) is 1.66. The maximum Gasteiger partial charge on any atom is 0.195 e. The summed E-state index contributed by atoms with van der Waals surface area (Å²) in [6.07, 6.45) is 3.60. The minimum absolute atomic E-state index is 0. The van der Waals surface area contributed by atoms with E-state index in [1.54, 1.807) is 0 Å². The van der Waals surface area contributed by atoms with E-state index in [9.17, 15) is 0 Å². The Bertz CT molecular complexity index is 607. The van der Waals surface area contributed by atoms with Crippen LogP contribution in [0, 0.1) is 0 Å². The molecule has 178 valence electrons. The third-order valence-electron chi connectivity index (χ3n) is 4.86. The van der Waals surface area contributed by atoms with Crippen LogP contribution >= 0.6 is 24.0 Å². The molecule has 1 aromatic rings. The van der Waals surface area contributed by atoms with Gasteiger partial charge < -0.3 is 29.7 Å². The first kappa shape index (κ1) is 27.9. The fraction of sp³-hybridized carbons (Fsp3) is 0.696. The summed E-state index contributed by atoms with van der Waals surface area (Å²) in [5.41, 5.74) is 0.982. The Morgan fingerprint density at radius 2 is 2.06 bits per heavy atom. The van der Waals surface area contributed by atoms with Crippen LogP contribution in [0.25, 0.3) is 0 Å². The van der Waals surface area contributed by atoms with Crippen molar-refractivity contribution in [2.45, 2.75) is 52.2 Å². The lowest BCUT2D eigenvalue weighted by Gasteiger charge is -2.17. The molecule has 2 N–H and O–H groups in total. The van der Waals surface area contributed by atoms with E-state index in [0.717, 1.165) is 62.9 Å². The highest BCUT2D eigenvalue weighted by Crippen LogP contribution is 2.17. The summed E-state index contributed by atoms with van der Waals surface area (Å²) in [5, 5.41) is 6.81. The fourth-order valence-electron chi connectivity index (χ4n) is 3.04. The number of hydrogen-bond acceptors (Lipinski definition) is 5. The molecule has 0 radical (unpaired) electrons. The van der Waals surface area contributed by atoms with E-state index >= 15 is 0 Å². The molecule has 1 atom stereocenters. The molecule has 1 fully saturated rings. The number of halogens is 1. The lowest BCUT2D eigenvalue weighted by molar-refractivity contribution is 0.0171. The number of rotatable bonds is 13. The van der Waals surface area contributed by atoms with Crippen molar-refractivity contribution in [2.24, 2.45) is 4.99 Å². The van der Waals surface area contributed by atoms with E-state index in [0.29, 0.717) is 19.8 Å². The van der Waals surface area contributed by atoms with Gasteiger partial charge in [0.15, 0.2) is 5.96 Å². The van der Waals surface area contributed by atoms with Gasteiger partial charge in [0.2, 0.25) is 0 Å². The average molecular weight is 549 g/mol. The molecule has 0 amide bonds. The summed E-state index contributed by atoms with van der Waals surface area (Å²) in [6, 6.07) is 7.98. The highest BCUT2D eigenvalue weighted by molar-refractivity contribution is 14.0. The second-order valence-electron chi connectivity index (χ2n) is 7.93. The lowest BCUT2D eigenvalue weighted by Crippen LogP contribution is -2.37. The lowest BCUT2D eigenvalue weighted by atomic mass is 10.2. The predicted octanol–water partition coefficient (Wildman–Crippen LogP) is 3.99. The second kappa shape index (κ2) is 16.5. The van der Waals surface area contributed by atoms with Crippen molar-refractivity contribution < 1.29 is 14.2 Å². The van der Waals surface area contributed by atoms with Crippen LogP contribution in [0.5, 0.6) is 5.75 Å². The molecule has 0 aromatic heterocycles. The molecular weight excluding hydrogens is 507 g/mol. The van der Waals surface area contributed by atoms with Crippen molar-refractivity contribution in [3.8, 4) is 5.75 Å². The zero-order valence-electron chi connectivity index (χ0n) is 19.6. The number of likely N-dealkylation sites (N-methyl/N-ethyl adjacent to an activating group) is 1. The van der Waals surface area contributed by atoms with Gasteiger partial charge in [-0.3, -0.25) is 4.99 Å². The van der Waals surface area contributed by atoms with Crippen molar-refractivity contribution in [1.29, 1.82) is 0 Å². The number of anilines is 1. The Labute approximate surface area is 205 Å². The third kappa shape index (κ3) is 12.5. The Morgan fingerprint density at radius 1 is 1.29 bits per heavy atom. The first-order chi connectivity index (χ1) is 14.6. The fourth-order valence-corrected chi connectivity index (χ4v) is 3.04. The van der Waals surface area contributed by atoms with Gasteiger partial charge >= 0.3 is 0 Å². The van der Waals surface area contributed by atoms with Crippen molar-refractivity contribution in [1.82, 2.24) is 10.2 Å². The van der Waals surface area contributed by atoms with Crippen LogP contribution in [0.1, 0.15) is 40.0 Å². The molecule has 1 aliphatic rings. The van der Waals surface area contributed by atoms with Crippen molar-refractivity contribution >= 4 is 35.6 Å². The zero-order valence-corrected chi connectivity index (χ0v) is 21.9.